The molecule has 1 nitrogen and oxygen atoms in total. The Balaban J connectivity index is 0.000000212. The van der Waals surface area contributed by atoms with Gasteiger partial charge in [-0.2, -0.15) is 0 Å². The summed E-state index contributed by atoms with van der Waals surface area (Å²) in [4.78, 5) is 0. The molecule has 0 aromatic carbocycles. The summed E-state index contributed by atoms with van der Waals surface area (Å²) in [7, 11) is 4.85. The quantitative estimate of drug-likeness (QED) is 0.697. The number of halogens is 1. The van der Waals surface area contributed by atoms with Crippen LogP contribution in [0, 0.1) is 0 Å². The standard InChI is InChI=1S/C8H13Si.C4H8O.ClH.V/c1-9(2,3)8-6-4-5-7-8;1-2-4-5-3-1;;/h4,6H,5H2,1-3H3;1-4H2;1H;/q;;;+1/p-1. The zero-order valence-electron chi connectivity index (χ0n) is 10.4. The van der Waals surface area contributed by atoms with Crippen LogP contribution in [0.25, 0.3) is 0 Å². The third-order valence-corrected chi connectivity index (χ3v) is 6.89. The molecule has 0 amide bonds. The molecule has 16 heavy (non-hydrogen) atoms. The van der Waals surface area contributed by atoms with Gasteiger partial charge in [-0.15, -0.1) is 0 Å². The summed E-state index contributed by atoms with van der Waals surface area (Å²) in [5.41, 5.74) is 0. The van der Waals surface area contributed by atoms with Crippen molar-refractivity contribution in [3.63, 3.8) is 0 Å². The molecule has 1 heterocycles. The van der Waals surface area contributed by atoms with Crippen LogP contribution >= 0.6 is 9.85 Å². The van der Waals surface area contributed by atoms with E-state index in [0.29, 0.717) is 0 Å². The molecule has 0 spiro atoms. The predicted octanol–water partition coefficient (Wildman–Crippen LogP) is 4.11. The molecule has 0 unspecified atom stereocenters. The van der Waals surface area contributed by atoms with Gasteiger partial charge in [-0.25, -0.2) is 0 Å². The van der Waals surface area contributed by atoms with E-state index in [1.807, 2.05) is 0 Å². The second kappa shape index (κ2) is 7.07. The van der Waals surface area contributed by atoms with Gasteiger partial charge in [0.15, 0.2) is 0 Å². The van der Waals surface area contributed by atoms with Gasteiger partial charge < -0.3 is 4.74 Å². The summed E-state index contributed by atoms with van der Waals surface area (Å²) in [5, 5.41) is 1.60. The van der Waals surface area contributed by atoms with E-state index in [-0.39, 0.29) is 15.3 Å². The zero-order chi connectivity index (χ0) is 12.0. The minimum absolute atomic E-state index is 0.0463. The molecule has 0 bridgehead atoms. The first-order valence-corrected chi connectivity index (χ1v) is 12.0. The van der Waals surface area contributed by atoms with Gasteiger partial charge in [-0.3, -0.25) is 0 Å². The van der Waals surface area contributed by atoms with E-state index in [0.717, 1.165) is 19.6 Å². The number of allylic oxidation sites excluding steroid dienone is 4. The van der Waals surface area contributed by atoms with Crippen molar-refractivity contribution < 1.29 is 20.1 Å². The Bertz CT molecular complexity index is 270. The molecule has 1 fully saturated rings. The molecule has 1 aliphatic heterocycles. The first-order chi connectivity index (χ1) is 7.55. The van der Waals surface area contributed by atoms with Crippen LogP contribution in [-0.4, -0.2) is 21.3 Å². The van der Waals surface area contributed by atoms with Crippen molar-refractivity contribution in [2.45, 2.75) is 38.9 Å². The topological polar surface area (TPSA) is 9.23 Å². The number of ether oxygens (including phenoxy) is 1. The Hall–Kier alpha value is 0.531. The first-order valence-electron chi connectivity index (χ1n) is 5.85. The van der Waals surface area contributed by atoms with Crippen molar-refractivity contribution in [1.29, 1.82) is 0 Å². The number of rotatable bonds is 2. The molecular formula is C12H21ClOSiV. The fraction of sp³-hybridized carbons (Fsp3) is 0.667. The van der Waals surface area contributed by atoms with Crippen LogP contribution in [0.15, 0.2) is 21.6 Å². The van der Waals surface area contributed by atoms with E-state index < -0.39 is 8.07 Å². The van der Waals surface area contributed by atoms with Gasteiger partial charge in [0.1, 0.15) is 0 Å². The first kappa shape index (κ1) is 14.6. The minimum atomic E-state index is -1.08. The van der Waals surface area contributed by atoms with E-state index in [4.69, 9.17) is 14.6 Å². The third kappa shape index (κ3) is 4.80. The van der Waals surface area contributed by atoms with Gasteiger partial charge in [0.2, 0.25) is 0 Å². The Morgan fingerprint density at radius 3 is 2.19 bits per heavy atom. The molecule has 1 aliphatic carbocycles. The molecule has 1 saturated heterocycles. The monoisotopic (exact) mass is 295 g/mol. The van der Waals surface area contributed by atoms with Crippen molar-refractivity contribution in [2.75, 3.05) is 13.2 Å². The van der Waals surface area contributed by atoms with E-state index in [2.05, 4.69) is 31.8 Å². The van der Waals surface area contributed by atoms with Crippen LogP contribution in [0.3, 0.4) is 0 Å². The molecule has 91 valence electrons. The molecule has 0 aromatic rings. The molecule has 2 rings (SSSR count). The summed E-state index contributed by atoms with van der Waals surface area (Å²) < 4.78 is 6.49. The van der Waals surface area contributed by atoms with Gasteiger partial charge in [-0.1, -0.05) is 0 Å². The second-order valence-corrected chi connectivity index (χ2v) is 12.0. The van der Waals surface area contributed by atoms with E-state index in [1.165, 1.54) is 12.8 Å². The Kier molecular flexibility index (Phi) is 6.45. The summed E-state index contributed by atoms with van der Waals surface area (Å²) in [6.45, 7) is 9.14. The third-order valence-electron chi connectivity index (χ3n) is 2.64. The van der Waals surface area contributed by atoms with E-state index >= 15 is 0 Å². The maximum absolute atomic E-state index is 5.93. The summed E-state index contributed by atoms with van der Waals surface area (Å²) in [6.07, 6.45) is 8.23. The molecule has 4 heteroatoms. The Labute approximate surface area is 111 Å². The van der Waals surface area contributed by atoms with Crippen LogP contribution in [0.2, 0.25) is 19.6 Å². The van der Waals surface area contributed by atoms with Gasteiger partial charge in [-0.05, 0) is 12.8 Å². The average Bonchev–Trinajstić information content (AvgIpc) is 2.91. The normalized spacial score (nSPS) is 19.8. The van der Waals surface area contributed by atoms with Crippen molar-refractivity contribution in [3.8, 4) is 0 Å². The zero-order valence-corrected chi connectivity index (χ0v) is 13.6. The molecule has 0 radical (unpaired) electrons. The van der Waals surface area contributed by atoms with Crippen molar-refractivity contribution in [3.05, 3.63) is 21.6 Å². The van der Waals surface area contributed by atoms with Gasteiger partial charge in [0.25, 0.3) is 0 Å². The molecule has 0 saturated carbocycles. The second-order valence-electron chi connectivity index (χ2n) is 5.12. The van der Waals surface area contributed by atoms with Crippen LogP contribution in [0.5, 0.6) is 0 Å². The summed E-state index contributed by atoms with van der Waals surface area (Å²) in [5.74, 6) is 0. The van der Waals surface area contributed by atoms with Crippen LogP contribution in [0.1, 0.15) is 19.3 Å². The van der Waals surface area contributed by atoms with Crippen LogP contribution < -0.4 is 0 Å². The molecule has 0 atom stereocenters. The predicted molar refractivity (Wildman–Crippen MR) is 70.0 cm³/mol. The summed E-state index contributed by atoms with van der Waals surface area (Å²) in [6, 6.07) is 0. The van der Waals surface area contributed by atoms with Crippen molar-refractivity contribution in [2.24, 2.45) is 0 Å². The maximum atomic E-state index is 5.93. The van der Waals surface area contributed by atoms with Gasteiger partial charge in [0.05, 0.1) is 0 Å². The van der Waals surface area contributed by atoms with Crippen LogP contribution in [0.4, 0.5) is 0 Å². The molecule has 0 aromatic heterocycles. The number of hydrogen-bond donors (Lipinski definition) is 0. The van der Waals surface area contributed by atoms with Gasteiger partial charge >= 0.3 is 81.0 Å². The summed E-state index contributed by atoms with van der Waals surface area (Å²) >= 11 is -0.0463. The molecule has 2 aliphatic rings. The fourth-order valence-corrected chi connectivity index (χ4v) is 6.64. The Morgan fingerprint density at radius 2 is 1.88 bits per heavy atom. The number of hydrogen-bond acceptors (Lipinski definition) is 1. The van der Waals surface area contributed by atoms with E-state index in [1.54, 1.807) is 9.48 Å². The van der Waals surface area contributed by atoms with Crippen LogP contribution in [-0.2, 0) is 20.1 Å². The average molecular weight is 296 g/mol. The SMILES string of the molecule is C1CCOC1.C[Si](C)(C)C1=[C]([V][Cl])CC=C1. The fourth-order valence-electron chi connectivity index (χ4n) is 1.77. The van der Waals surface area contributed by atoms with E-state index in [9.17, 15) is 0 Å². The van der Waals surface area contributed by atoms with Gasteiger partial charge in [0, 0.05) is 13.2 Å². The van der Waals surface area contributed by atoms with Crippen molar-refractivity contribution in [1.82, 2.24) is 0 Å². The van der Waals surface area contributed by atoms with Crippen molar-refractivity contribution >= 4 is 17.9 Å². The molecule has 0 N–H and O–H groups in total. The molecular weight excluding hydrogens is 275 g/mol. The Morgan fingerprint density at radius 1 is 1.25 bits per heavy atom.